The summed E-state index contributed by atoms with van der Waals surface area (Å²) in [5.74, 6) is -0.301. The number of carbonyl (C=O) groups is 2. The number of rotatable bonds is 10. The van der Waals surface area contributed by atoms with E-state index >= 15 is 0 Å². The molecule has 0 aliphatic rings. The van der Waals surface area contributed by atoms with Crippen molar-refractivity contribution in [3.8, 4) is 17.2 Å². The SMILES string of the molecule is COc1cc(C(=O)NCC(=O)NC(C)COCC(F)(F)F)cc(OC)c1OC. The van der Waals surface area contributed by atoms with Gasteiger partial charge in [0.25, 0.3) is 5.91 Å². The third-order valence-electron chi connectivity index (χ3n) is 3.38. The highest BCUT2D eigenvalue weighted by atomic mass is 19.4. The zero-order valence-electron chi connectivity index (χ0n) is 15.9. The number of ether oxygens (including phenoxy) is 4. The zero-order valence-corrected chi connectivity index (χ0v) is 15.9. The molecule has 0 fully saturated rings. The fourth-order valence-corrected chi connectivity index (χ4v) is 2.19. The van der Waals surface area contributed by atoms with Crippen molar-refractivity contribution in [1.82, 2.24) is 10.6 Å². The van der Waals surface area contributed by atoms with E-state index in [9.17, 15) is 22.8 Å². The Morgan fingerprint density at radius 1 is 1.07 bits per heavy atom. The normalized spacial score (nSPS) is 12.1. The van der Waals surface area contributed by atoms with Crippen molar-refractivity contribution in [1.29, 1.82) is 0 Å². The maximum Gasteiger partial charge on any atom is 0.411 e. The number of hydrogen-bond donors (Lipinski definition) is 2. The van der Waals surface area contributed by atoms with Gasteiger partial charge in [0.15, 0.2) is 11.5 Å². The molecule has 28 heavy (non-hydrogen) atoms. The molecule has 0 aliphatic carbocycles. The van der Waals surface area contributed by atoms with E-state index in [1.54, 1.807) is 0 Å². The fourth-order valence-electron chi connectivity index (χ4n) is 2.19. The van der Waals surface area contributed by atoms with Gasteiger partial charge in [0.05, 0.1) is 34.5 Å². The second-order valence-corrected chi connectivity index (χ2v) is 5.70. The molecule has 0 bridgehead atoms. The van der Waals surface area contributed by atoms with Gasteiger partial charge in [0.2, 0.25) is 11.7 Å². The minimum Gasteiger partial charge on any atom is -0.493 e. The summed E-state index contributed by atoms with van der Waals surface area (Å²) in [5, 5.41) is 4.82. The first-order valence-electron chi connectivity index (χ1n) is 8.13. The number of halogens is 3. The smallest absolute Gasteiger partial charge is 0.411 e. The van der Waals surface area contributed by atoms with E-state index in [2.05, 4.69) is 15.4 Å². The summed E-state index contributed by atoms with van der Waals surface area (Å²) in [6.07, 6.45) is -4.43. The van der Waals surface area contributed by atoms with Crippen molar-refractivity contribution >= 4 is 11.8 Å². The van der Waals surface area contributed by atoms with Crippen molar-refractivity contribution in [2.45, 2.75) is 19.1 Å². The molecular formula is C17H23F3N2O6. The van der Waals surface area contributed by atoms with Gasteiger partial charge < -0.3 is 29.6 Å². The monoisotopic (exact) mass is 408 g/mol. The van der Waals surface area contributed by atoms with E-state index in [1.165, 1.54) is 40.4 Å². The zero-order chi connectivity index (χ0) is 21.3. The lowest BCUT2D eigenvalue weighted by atomic mass is 10.1. The molecular weight excluding hydrogens is 385 g/mol. The Labute approximate surface area is 160 Å². The van der Waals surface area contributed by atoms with Crippen LogP contribution in [0, 0.1) is 0 Å². The molecule has 0 saturated heterocycles. The molecule has 11 heteroatoms. The molecule has 1 aromatic carbocycles. The van der Waals surface area contributed by atoms with Gasteiger partial charge in [-0.05, 0) is 19.1 Å². The Balaban J connectivity index is 2.58. The van der Waals surface area contributed by atoms with Crippen LogP contribution in [-0.2, 0) is 9.53 Å². The van der Waals surface area contributed by atoms with Gasteiger partial charge in [-0.1, -0.05) is 0 Å². The molecule has 0 aliphatic heterocycles. The second-order valence-electron chi connectivity index (χ2n) is 5.70. The predicted molar refractivity (Wildman–Crippen MR) is 92.9 cm³/mol. The van der Waals surface area contributed by atoms with Crippen LogP contribution >= 0.6 is 0 Å². The molecule has 0 radical (unpaired) electrons. The van der Waals surface area contributed by atoms with Crippen molar-refractivity contribution in [2.24, 2.45) is 0 Å². The maximum absolute atomic E-state index is 12.3. The first-order valence-corrected chi connectivity index (χ1v) is 8.13. The topological polar surface area (TPSA) is 95.1 Å². The Bertz CT molecular complexity index is 656. The van der Waals surface area contributed by atoms with Crippen LogP contribution in [0.1, 0.15) is 17.3 Å². The van der Waals surface area contributed by atoms with Gasteiger partial charge in [-0.25, -0.2) is 0 Å². The molecule has 2 N–H and O–H groups in total. The number of hydrogen-bond acceptors (Lipinski definition) is 6. The number of amides is 2. The van der Waals surface area contributed by atoms with Gasteiger partial charge >= 0.3 is 6.18 Å². The summed E-state index contributed by atoms with van der Waals surface area (Å²) in [6.45, 7) is -0.606. The van der Waals surface area contributed by atoms with E-state index in [4.69, 9.17) is 14.2 Å². The second kappa shape index (κ2) is 10.6. The van der Waals surface area contributed by atoms with Gasteiger partial charge in [-0.2, -0.15) is 13.2 Å². The Morgan fingerprint density at radius 3 is 2.11 bits per heavy atom. The number of benzene rings is 1. The minimum atomic E-state index is -4.43. The Kier molecular flexibility index (Phi) is 8.83. The van der Waals surface area contributed by atoms with Crippen LogP contribution in [0.4, 0.5) is 13.2 Å². The first kappa shape index (κ1) is 23.3. The van der Waals surface area contributed by atoms with Gasteiger partial charge in [-0.3, -0.25) is 9.59 Å². The number of carbonyl (C=O) groups excluding carboxylic acids is 2. The maximum atomic E-state index is 12.3. The Morgan fingerprint density at radius 2 is 1.64 bits per heavy atom. The standard InChI is InChI=1S/C17H23F3N2O6/c1-10(8-28-9-17(18,19)20)22-14(23)7-21-16(24)11-5-12(25-2)15(27-4)13(6-11)26-3/h5-6,10H,7-9H2,1-4H3,(H,21,24)(H,22,23). The molecule has 8 nitrogen and oxygen atoms in total. The minimum absolute atomic E-state index is 0.170. The molecule has 0 saturated carbocycles. The van der Waals surface area contributed by atoms with E-state index < -0.39 is 30.6 Å². The number of methoxy groups -OCH3 is 3. The summed E-state index contributed by atoms with van der Waals surface area (Å²) in [4.78, 5) is 24.1. The summed E-state index contributed by atoms with van der Waals surface area (Å²) < 4.78 is 56.0. The summed E-state index contributed by atoms with van der Waals surface area (Å²) in [6, 6.07) is 2.18. The van der Waals surface area contributed by atoms with Crippen LogP contribution in [-0.4, -0.2) is 65.1 Å². The van der Waals surface area contributed by atoms with Crippen LogP contribution in [0.15, 0.2) is 12.1 Å². The highest BCUT2D eigenvalue weighted by Crippen LogP contribution is 2.38. The quantitative estimate of drug-likeness (QED) is 0.610. The molecule has 1 atom stereocenters. The van der Waals surface area contributed by atoms with Crippen LogP contribution in [0.5, 0.6) is 17.2 Å². The van der Waals surface area contributed by atoms with Gasteiger partial charge in [0, 0.05) is 11.6 Å². The van der Waals surface area contributed by atoms with Crippen molar-refractivity contribution in [3.05, 3.63) is 17.7 Å². The molecule has 1 unspecified atom stereocenters. The van der Waals surface area contributed by atoms with Crippen molar-refractivity contribution in [2.75, 3.05) is 41.1 Å². The average molecular weight is 408 g/mol. The number of nitrogens with one attached hydrogen (secondary N) is 2. The lowest BCUT2D eigenvalue weighted by Crippen LogP contribution is -2.42. The number of alkyl halides is 3. The van der Waals surface area contributed by atoms with Gasteiger partial charge in [-0.15, -0.1) is 0 Å². The fraction of sp³-hybridized carbons (Fsp3) is 0.529. The van der Waals surface area contributed by atoms with Gasteiger partial charge in [0.1, 0.15) is 6.61 Å². The third kappa shape index (κ3) is 7.51. The van der Waals surface area contributed by atoms with Crippen molar-refractivity contribution in [3.63, 3.8) is 0 Å². The molecule has 0 aromatic heterocycles. The first-order chi connectivity index (χ1) is 13.1. The molecule has 158 valence electrons. The van der Waals surface area contributed by atoms with E-state index in [0.717, 1.165) is 0 Å². The Hall–Kier alpha value is -2.69. The van der Waals surface area contributed by atoms with Crippen LogP contribution < -0.4 is 24.8 Å². The van der Waals surface area contributed by atoms with E-state index in [0.29, 0.717) is 5.75 Å². The largest absolute Gasteiger partial charge is 0.493 e. The van der Waals surface area contributed by atoms with Crippen LogP contribution in [0.3, 0.4) is 0 Å². The van der Waals surface area contributed by atoms with E-state index in [-0.39, 0.29) is 30.2 Å². The lowest BCUT2D eigenvalue weighted by Gasteiger charge is -2.16. The molecule has 0 spiro atoms. The molecule has 1 aromatic rings. The highest BCUT2D eigenvalue weighted by molar-refractivity contribution is 5.97. The van der Waals surface area contributed by atoms with Crippen LogP contribution in [0.25, 0.3) is 0 Å². The van der Waals surface area contributed by atoms with Crippen LogP contribution in [0.2, 0.25) is 0 Å². The summed E-state index contributed by atoms with van der Waals surface area (Å²) in [7, 11) is 4.22. The van der Waals surface area contributed by atoms with E-state index in [1.807, 2.05) is 0 Å². The summed E-state index contributed by atoms with van der Waals surface area (Å²) >= 11 is 0. The molecule has 0 heterocycles. The molecule has 2 amide bonds. The average Bonchev–Trinajstić information content (AvgIpc) is 2.63. The summed E-state index contributed by atoms with van der Waals surface area (Å²) in [5.41, 5.74) is 0.170. The lowest BCUT2D eigenvalue weighted by molar-refractivity contribution is -0.175. The predicted octanol–water partition coefficient (Wildman–Crippen LogP) is 1.53. The highest BCUT2D eigenvalue weighted by Gasteiger charge is 2.27. The van der Waals surface area contributed by atoms with Crippen molar-refractivity contribution < 1.29 is 41.7 Å². The molecule has 1 rings (SSSR count). The third-order valence-corrected chi connectivity index (χ3v) is 3.38.